The minimum atomic E-state index is 0.370. The molecular weight excluding hydrogens is 230 g/mol. The topological polar surface area (TPSA) is 84.6 Å². The average Bonchev–Trinajstić information content (AvgIpc) is 2.91. The van der Waals surface area contributed by atoms with E-state index in [-0.39, 0.29) is 0 Å². The second kappa shape index (κ2) is 6.20. The van der Waals surface area contributed by atoms with E-state index in [1.165, 1.54) is 12.8 Å². The minimum Gasteiger partial charge on any atom is -0.481 e. The van der Waals surface area contributed by atoms with Crippen LogP contribution in [0.4, 0.5) is 5.69 Å². The Bertz CT molecular complexity index is 397. The van der Waals surface area contributed by atoms with E-state index >= 15 is 0 Å². The number of nitrogens with zero attached hydrogens (tertiary/aromatic N) is 2. The lowest BCUT2D eigenvalue weighted by molar-refractivity contribution is 0.398. The summed E-state index contributed by atoms with van der Waals surface area (Å²) in [4.78, 5) is 8.65. The standard InChI is InChI=1S/C12H19N5O/c1-18-11-7-6-10(8-14-11)16-12(17-13)15-9-4-2-3-5-9/h6-9H,2-5,13H2,1H3,(H2,15,16,17). The van der Waals surface area contributed by atoms with Crippen LogP contribution in [-0.2, 0) is 0 Å². The van der Waals surface area contributed by atoms with Crippen molar-refractivity contribution in [1.29, 1.82) is 0 Å². The van der Waals surface area contributed by atoms with Crippen LogP contribution in [0.3, 0.4) is 0 Å². The molecule has 0 bridgehead atoms. The molecule has 1 aromatic rings. The van der Waals surface area contributed by atoms with Crippen molar-refractivity contribution >= 4 is 11.6 Å². The highest BCUT2D eigenvalue weighted by atomic mass is 16.5. The molecule has 1 aliphatic rings. The molecule has 6 heteroatoms. The maximum Gasteiger partial charge on any atom is 0.213 e. The van der Waals surface area contributed by atoms with Gasteiger partial charge in [-0.25, -0.2) is 15.8 Å². The summed E-state index contributed by atoms with van der Waals surface area (Å²) >= 11 is 0. The number of guanidine groups is 1. The SMILES string of the molecule is COc1ccc(NC(=NC2CCCC2)NN)cn1. The predicted molar refractivity (Wildman–Crippen MR) is 71.4 cm³/mol. The number of rotatable bonds is 3. The van der Waals surface area contributed by atoms with Crippen molar-refractivity contribution in [3.63, 3.8) is 0 Å². The van der Waals surface area contributed by atoms with Crippen LogP contribution in [0.1, 0.15) is 25.7 Å². The zero-order valence-corrected chi connectivity index (χ0v) is 10.5. The molecule has 1 heterocycles. The summed E-state index contributed by atoms with van der Waals surface area (Å²) in [7, 11) is 1.59. The zero-order valence-electron chi connectivity index (χ0n) is 10.5. The highest BCUT2D eigenvalue weighted by Crippen LogP contribution is 2.21. The lowest BCUT2D eigenvalue weighted by Crippen LogP contribution is -2.37. The van der Waals surface area contributed by atoms with Gasteiger partial charge in [0.15, 0.2) is 0 Å². The van der Waals surface area contributed by atoms with Gasteiger partial charge in [-0.1, -0.05) is 12.8 Å². The molecule has 1 aliphatic carbocycles. The molecule has 1 fully saturated rings. The first-order valence-electron chi connectivity index (χ1n) is 6.13. The average molecular weight is 249 g/mol. The van der Waals surface area contributed by atoms with Crippen LogP contribution in [0, 0.1) is 0 Å². The molecule has 4 N–H and O–H groups in total. The summed E-state index contributed by atoms with van der Waals surface area (Å²) in [5.74, 6) is 6.62. The van der Waals surface area contributed by atoms with Crippen LogP contribution in [0.25, 0.3) is 0 Å². The minimum absolute atomic E-state index is 0.370. The zero-order chi connectivity index (χ0) is 12.8. The van der Waals surface area contributed by atoms with E-state index in [0.29, 0.717) is 17.9 Å². The number of hydrogen-bond acceptors (Lipinski definition) is 4. The fourth-order valence-corrected chi connectivity index (χ4v) is 2.03. The van der Waals surface area contributed by atoms with Gasteiger partial charge in [-0.3, -0.25) is 5.43 Å². The van der Waals surface area contributed by atoms with Crippen LogP contribution in [-0.4, -0.2) is 24.1 Å². The van der Waals surface area contributed by atoms with Gasteiger partial charge in [-0.15, -0.1) is 0 Å². The van der Waals surface area contributed by atoms with Gasteiger partial charge in [-0.2, -0.15) is 0 Å². The first kappa shape index (κ1) is 12.6. The second-order valence-corrected chi connectivity index (χ2v) is 4.27. The van der Waals surface area contributed by atoms with Crippen molar-refractivity contribution in [3.05, 3.63) is 18.3 Å². The molecule has 1 aromatic heterocycles. The highest BCUT2D eigenvalue weighted by molar-refractivity contribution is 5.93. The number of ether oxygens (including phenoxy) is 1. The third kappa shape index (κ3) is 3.33. The summed E-state index contributed by atoms with van der Waals surface area (Å²) in [5, 5.41) is 3.10. The van der Waals surface area contributed by atoms with E-state index in [1.807, 2.05) is 6.07 Å². The monoisotopic (exact) mass is 249 g/mol. The molecule has 6 nitrogen and oxygen atoms in total. The predicted octanol–water partition coefficient (Wildman–Crippen LogP) is 1.26. The quantitative estimate of drug-likeness (QED) is 0.325. The first-order chi connectivity index (χ1) is 8.81. The van der Waals surface area contributed by atoms with Crippen molar-refractivity contribution in [1.82, 2.24) is 10.4 Å². The number of aromatic nitrogens is 1. The largest absolute Gasteiger partial charge is 0.481 e. The third-order valence-electron chi connectivity index (χ3n) is 2.98. The normalized spacial score (nSPS) is 16.7. The number of hydrogen-bond donors (Lipinski definition) is 3. The molecule has 0 aliphatic heterocycles. The molecule has 0 saturated heterocycles. The molecule has 0 amide bonds. The van der Waals surface area contributed by atoms with Gasteiger partial charge < -0.3 is 10.1 Å². The molecule has 2 rings (SSSR count). The molecule has 0 radical (unpaired) electrons. The Balaban J connectivity index is 2.00. The van der Waals surface area contributed by atoms with Gasteiger partial charge in [0, 0.05) is 6.07 Å². The van der Waals surface area contributed by atoms with Crippen molar-refractivity contribution in [2.24, 2.45) is 10.8 Å². The van der Waals surface area contributed by atoms with E-state index in [4.69, 9.17) is 10.6 Å². The fourth-order valence-electron chi connectivity index (χ4n) is 2.03. The van der Waals surface area contributed by atoms with Crippen molar-refractivity contribution < 1.29 is 4.74 Å². The van der Waals surface area contributed by atoms with Gasteiger partial charge in [0.05, 0.1) is 25.0 Å². The number of pyridine rings is 1. The van der Waals surface area contributed by atoms with Gasteiger partial charge in [0.25, 0.3) is 0 Å². The molecule has 0 unspecified atom stereocenters. The van der Waals surface area contributed by atoms with Gasteiger partial charge in [0.2, 0.25) is 11.8 Å². The van der Waals surface area contributed by atoms with Crippen molar-refractivity contribution in [2.75, 3.05) is 12.4 Å². The smallest absolute Gasteiger partial charge is 0.213 e. The molecular formula is C12H19N5O. The summed E-state index contributed by atoms with van der Waals surface area (Å²) in [6.45, 7) is 0. The number of hydrazine groups is 1. The number of anilines is 1. The lowest BCUT2D eigenvalue weighted by atomic mass is 10.3. The number of aliphatic imine (C=N–C) groups is 1. The van der Waals surface area contributed by atoms with E-state index in [9.17, 15) is 0 Å². The number of nitrogens with two attached hydrogens (primary N) is 1. The summed E-state index contributed by atoms with van der Waals surface area (Å²) < 4.78 is 5.00. The molecule has 0 spiro atoms. The van der Waals surface area contributed by atoms with E-state index < -0.39 is 0 Å². The number of methoxy groups -OCH3 is 1. The van der Waals surface area contributed by atoms with Gasteiger partial charge in [-0.05, 0) is 18.9 Å². The maximum atomic E-state index is 5.47. The third-order valence-corrected chi connectivity index (χ3v) is 2.98. The molecule has 0 aromatic carbocycles. The van der Waals surface area contributed by atoms with E-state index in [2.05, 4.69) is 20.7 Å². The van der Waals surface area contributed by atoms with Crippen LogP contribution < -0.4 is 21.3 Å². The Labute approximate surface area is 107 Å². The van der Waals surface area contributed by atoms with E-state index in [1.54, 1.807) is 19.4 Å². The number of nitrogens with one attached hydrogen (secondary N) is 2. The molecule has 18 heavy (non-hydrogen) atoms. The van der Waals surface area contributed by atoms with Crippen LogP contribution in [0.2, 0.25) is 0 Å². The van der Waals surface area contributed by atoms with Crippen LogP contribution >= 0.6 is 0 Å². The Hall–Kier alpha value is -1.82. The Morgan fingerprint density at radius 1 is 1.44 bits per heavy atom. The van der Waals surface area contributed by atoms with Gasteiger partial charge in [0.1, 0.15) is 0 Å². The van der Waals surface area contributed by atoms with Crippen molar-refractivity contribution in [2.45, 2.75) is 31.7 Å². The Morgan fingerprint density at radius 3 is 2.78 bits per heavy atom. The fraction of sp³-hybridized carbons (Fsp3) is 0.500. The van der Waals surface area contributed by atoms with Crippen LogP contribution in [0.5, 0.6) is 5.88 Å². The molecule has 0 atom stereocenters. The van der Waals surface area contributed by atoms with Crippen molar-refractivity contribution in [3.8, 4) is 5.88 Å². The summed E-state index contributed by atoms with van der Waals surface area (Å²) in [5.41, 5.74) is 3.41. The first-order valence-corrected chi connectivity index (χ1v) is 6.13. The van der Waals surface area contributed by atoms with Crippen LogP contribution in [0.15, 0.2) is 23.3 Å². The molecule has 98 valence electrons. The summed E-state index contributed by atoms with van der Waals surface area (Å²) in [6, 6.07) is 4.02. The van der Waals surface area contributed by atoms with E-state index in [0.717, 1.165) is 18.5 Å². The Kier molecular flexibility index (Phi) is 4.35. The van der Waals surface area contributed by atoms with Gasteiger partial charge >= 0.3 is 0 Å². The summed E-state index contributed by atoms with van der Waals surface area (Å²) in [6.07, 6.45) is 6.44. The highest BCUT2D eigenvalue weighted by Gasteiger charge is 2.14. The molecule has 1 saturated carbocycles. The maximum absolute atomic E-state index is 5.47. The lowest BCUT2D eigenvalue weighted by Gasteiger charge is -2.11. The Morgan fingerprint density at radius 2 is 2.22 bits per heavy atom. The second-order valence-electron chi connectivity index (χ2n) is 4.27.